The van der Waals surface area contributed by atoms with Crippen LogP contribution in [0.25, 0.3) is 0 Å². The number of hydrogen-bond donors (Lipinski definition) is 4. The van der Waals surface area contributed by atoms with Gasteiger partial charge in [-0.1, -0.05) is 104 Å². The van der Waals surface area contributed by atoms with Gasteiger partial charge in [0.1, 0.15) is 0 Å². The first-order chi connectivity index (χ1) is 40.0. The normalized spacial score (nSPS) is 37.1. The molecule has 0 unspecified atom stereocenters. The second-order valence-corrected chi connectivity index (χ2v) is 6.26. The molecule has 1 aromatic carbocycles. The number of carbonyl (C=O) groups excluding carboxylic acids is 4. The lowest BCUT2D eigenvalue weighted by atomic mass is 9.95. The van der Waals surface area contributed by atoms with Gasteiger partial charge >= 0.3 is 0 Å². The lowest BCUT2D eigenvalue weighted by molar-refractivity contribution is 0.0907. The van der Waals surface area contributed by atoms with E-state index in [9.17, 15) is 19.2 Å². The predicted molar refractivity (Wildman–Crippen MR) is 172 cm³/mol. The van der Waals surface area contributed by atoms with E-state index < -0.39 is 213 Å². The zero-order valence-electron chi connectivity index (χ0n) is 72.8. The van der Waals surface area contributed by atoms with Gasteiger partial charge in [0, 0.05) is 97.3 Å². The fourth-order valence-corrected chi connectivity index (χ4v) is 2.35. The van der Waals surface area contributed by atoms with Gasteiger partial charge in [0.05, 0.1) is 22.3 Å². The van der Waals surface area contributed by atoms with E-state index in [2.05, 4.69) is 0 Å². The minimum atomic E-state index is -4.97. The second kappa shape index (κ2) is 23.6. The van der Waals surface area contributed by atoms with Crippen LogP contribution in [-0.2, 0) is 0 Å². The van der Waals surface area contributed by atoms with Crippen LogP contribution in [0.3, 0.4) is 0 Å². The van der Waals surface area contributed by atoms with Crippen LogP contribution in [-0.4, -0.2) is 49.6 Å². The summed E-state index contributed by atoms with van der Waals surface area (Å²) in [5.41, 5.74) is -8.82. The summed E-state index contributed by atoms with van der Waals surface area (Å²) in [4.78, 5) is 58.4. The Kier molecular flexibility index (Phi) is 3.85. The molecular formula is C34H58N4O4. The SMILES string of the molecule is [2H]C([2H])([2H])C([2H])([2H])C([2H])([2H])C([2H])([2H])C([2H])([2H])C([2H])([2H])NC(=O)c1cc(C(=O)NC([2H])([2H])C([2H])([2H])C([2H])([2H])C([2H])([2H])C([2H])([2H])C([2H])([2H])[2H])c(C(=O)NC([2H])([2H])C([2H])([2H])C([2H])([2H])C([2H])([2H])C([2H])([2H])C([2H])([2H])[2H])cc1C(=O)NC([2H])([2H])C([2H])([2H])C([2H])([2H])C([2H])([2H])C([2H])([2H])C([2H])([2H])[2H]. The second-order valence-electron chi connectivity index (χ2n) is 6.26. The molecule has 0 spiro atoms. The van der Waals surface area contributed by atoms with Crippen molar-refractivity contribution < 1.29 is 90.5 Å². The number of benzene rings is 1. The first kappa shape index (κ1) is 6.84. The third kappa shape index (κ3) is 14.8. The van der Waals surface area contributed by atoms with Crippen LogP contribution >= 0.6 is 0 Å². The maximum atomic E-state index is 14.6. The highest BCUT2D eigenvalue weighted by atomic mass is 16.2. The summed E-state index contributed by atoms with van der Waals surface area (Å²) in [5.74, 6) is -11.1. The van der Waals surface area contributed by atoms with Crippen molar-refractivity contribution in [3.05, 3.63) is 34.4 Å². The minimum Gasteiger partial charge on any atom is -0.352 e. The zero-order chi connectivity index (χ0) is 76.9. The maximum absolute atomic E-state index is 14.6. The molecule has 238 valence electrons. The third-order valence-corrected chi connectivity index (χ3v) is 3.84. The molecule has 4 N–H and O–H groups in total. The highest BCUT2D eigenvalue weighted by Crippen LogP contribution is 2.19. The van der Waals surface area contributed by atoms with Gasteiger partial charge in [-0.15, -0.1) is 0 Å². The van der Waals surface area contributed by atoms with Crippen LogP contribution in [0.2, 0.25) is 0 Å². The topological polar surface area (TPSA) is 116 Å². The summed E-state index contributed by atoms with van der Waals surface area (Å²) < 4.78 is 418. The van der Waals surface area contributed by atoms with Crippen molar-refractivity contribution >= 4 is 23.6 Å². The van der Waals surface area contributed by atoms with E-state index in [1.807, 2.05) is 0 Å². The Morgan fingerprint density at radius 3 is 0.905 bits per heavy atom. The highest BCUT2D eigenvalue weighted by Gasteiger charge is 2.26. The van der Waals surface area contributed by atoms with Crippen LogP contribution in [0.4, 0.5) is 0 Å². The van der Waals surface area contributed by atoms with E-state index in [0.717, 1.165) is 21.3 Å². The molecule has 0 aromatic heterocycles. The maximum Gasteiger partial charge on any atom is 0.252 e. The van der Waals surface area contributed by atoms with Crippen LogP contribution in [0.1, 0.15) is 242 Å². The van der Waals surface area contributed by atoms with Gasteiger partial charge in [0.25, 0.3) is 23.6 Å². The van der Waals surface area contributed by atoms with Crippen LogP contribution in [0.5, 0.6) is 0 Å². The summed E-state index contributed by atoms with van der Waals surface area (Å²) in [5, 5.41) is 3.63. The van der Waals surface area contributed by atoms with Gasteiger partial charge in [-0.3, -0.25) is 19.2 Å². The average molecular weight is 639 g/mol. The summed E-state index contributed by atoms with van der Waals surface area (Å²) in [7, 11) is 0. The molecule has 8 heteroatoms. The summed E-state index contributed by atoms with van der Waals surface area (Å²) in [6.07, 6.45) is -77.1. The fourth-order valence-electron chi connectivity index (χ4n) is 2.35. The van der Waals surface area contributed by atoms with E-state index in [0.29, 0.717) is 0 Å². The molecule has 1 rings (SSSR count). The van der Waals surface area contributed by atoms with Crippen molar-refractivity contribution in [2.24, 2.45) is 0 Å². The molecule has 0 aliphatic rings. The largest absolute Gasteiger partial charge is 0.352 e. The minimum absolute atomic E-state index is 0.548. The van der Waals surface area contributed by atoms with Gasteiger partial charge < -0.3 is 21.3 Å². The quantitative estimate of drug-likeness (QED) is 0.0983. The van der Waals surface area contributed by atoms with E-state index in [1.165, 1.54) is 0 Å². The molecule has 1 aromatic rings. The molecule has 0 saturated carbocycles. The first-order valence-corrected chi connectivity index (χ1v) is 10.5. The van der Waals surface area contributed by atoms with Crippen molar-refractivity contribution in [1.29, 1.82) is 0 Å². The number of amides is 4. The molecular weight excluding hydrogens is 528 g/mol. The smallest absolute Gasteiger partial charge is 0.252 e. The molecule has 4 amide bonds. The van der Waals surface area contributed by atoms with E-state index in [4.69, 9.17) is 71.3 Å². The number of nitrogens with one attached hydrogen (secondary N) is 4. The molecule has 0 radical (unpaired) electrons. The van der Waals surface area contributed by atoms with Crippen molar-refractivity contribution in [2.45, 2.75) is 129 Å². The lowest BCUT2D eigenvalue weighted by Gasteiger charge is -2.17. The van der Waals surface area contributed by atoms with Gasteiger partial charge in [-0.05, 0) is 37.6 Å². The van der Waals surface area contributed by atoms with Gasteiger partial charge in [0.15, 0.2) is 0 Å². The summed E-state index contributed by atoms with van der Waals surface area (Å²) in [6, 6.07) is -1.10. The van der Waals surface area contributed by atoms with Gasteiger partial charge in [0.2, 0.25) is 0 Å². The Balaban J connectivity index is 5.16. The molecule has 0 saturated heterocycles. The molecule has 0 aliphatic heterocycles. The fraction of sp³-hybridized carbons (Fsp3) is 0.706. The Morgan fingerprint density at radius 2 is 0.690 bits per heavy atom. The van der Waals surface area contributed by atoms with Gasteiger partial charge in [-0.2, -0.15) is 0 Å². The van der Waals surface area contributed by atoms with Crippen molar-refractivity contribution in [2.75, 3.05) is 26.0 Å². The highest BCUT2D eigenvalue weighted by molar-refractivity contribution is 6.14. The van der Waals surface area contributed by atoms with E-state index in [1.54, 1.807) is 0 Å². The summed E-state index contributed by atoms with van der Waals surface area (Å²) >= 11 is 0. The van der Waals surface area contributed by atoms with Crippen molar-refractivity contribution in [1.82, 2.24) is 21.3 Å². The monoisotopic (exact) mass is 639 g/mol. The molecule has 0 atom stereocenters. The lowest BCUT2D eigenvalue weighted by Crippen LogP contribution is -2.34. The summed E-state index contributed by atoms with van der Waals surface area (Å²) in [6.45, 7) is -36.5. The molecule has 0 fully saturated rings. The zero-order valence-corrected chi connectivity index (χ0v) is 20.8. The Morgan fingerprint density at radius 1 is 0.452 bits per heavy atom. The Bertz CT molecular complexity index is 2640. The van der Waals surface area contributed by atoms with Gasteiger partial charge in [-0.25, -0.2) is 0 Å². The number of carbonyl (C=O) groups is 4. The van der Waals surface area contributed by atoms with E-state index in [-0.39, 0.29) is 0 Å². The van der Waals surface area contributed by atoms with Crippen LogP contribution < -0.4 is 21.3 Å². The first-order valence-electron chi connectivity index (χ1n) is 36.5. The van der Waals surface area contributed by atoms with Crippen molar-refractivity contribution in [3.8, 4) is 0 Å². The number of rotatable bonds is 24. The average Bonchev–Trinajstić information content (AvgIpc) is 0.731. The number of hydrogen-bond acceptors (Lipinski definition) is 4. The Hall–Kier alpha value is -2.90. The van der Waals surface area contributed by atoms with E-state index >= 15 is 0 Å². The predicted octanol–water partition coefficient (Wildman–Crippen LogP) is 6.93. The molecule has 8 nitrogen and oxygen atoms in total. The van der Waals surface area contributed by atoms with Crippen molar-refractivity contribution in [3.63, 3.8) is 0 Å². The molecule has 42 heavy (non-hydrogen) atoms. The third-order valence-electron chi connectivity index (χ3n) is 3.84. The Labute approximate surface area is 328 Å². The molecule has 0 bridgehead atoms. The van der Waals surface area contributed by atoms with Crippen LogP contribution in [0.15, 0.2) is 12.1 Å². The molecule has 0 heterocycles. The van der Waals surface area contributed by atoms with Crippen LogP contribution in [0, 0.1) is 0 Å². The molecule has 0 aliphatic carbocycles. The standard InChI is InChI=1S/C34H58N4O4/c1-5-9-13-17-21-35-31(39)27-25-29(33(41)37-23-19-15-11-7-3)30(34(42)38-24-20-16-12-8-4)26-28(27)32(40)36-22-18-14-10-6-2/h25-26H,5-24H2,1-4H3,(H,35,39)(H,36,40)(H,37,41)(H,38,42)/i1D3,2D3,3D3,4D3,5D2,6D2,7D2,8D2,9D2,10D2,11D2,12D2,13D2,14D2,15D2,16D2,17D2,18D2,19D2,20D2,21D2,22D2,23D2,24D2.